The zero-order valence-electron chi connectivity index (χ0n) is 16.5. The van der Waals surface area contributed by atoms with Crippen LogP contribution in [0.25, 0.3) is 0 Å². The number of hydrogen-bond donors (Lipinski definition) is 1. The molecule has 1 N–H and O–H groups in total. The van der Waals surface area contributed by atoms with Gasteiger partial charge in [-0.1, -0.05) is 19.9 Å². The van der Waals surface area contributed by atoms with Crippen molar-refractivity contribution in [3.05, 3.63) is 64.9 Å². The van der Waals surface area contributed by atoms with Gasteiger partial charge in [0.25, 0.3) is 0 Å². The molecular weight excluding hydrogens is 382 g/mol. The number of hydrogen-bond acceptors (Lipinski definition) is 5. The molecule has 0 radical (unpaired) electrons. The molecule has 10 heteroatoms. The minimum absolute atomic E-state index is 0.162. The molecule has 0 bridgehead atoms. The number of aryl methyl sites for hydroxylation is 1. The fourth-order valence-corrected chi connectivity index (χ4v) is 3.21. The largest absolute Gasteiger partial charge is 0.381 e. The number of nitrogens with zero attached hydrogens (tertiary/aromatic N) is 6. The summed E-state index contributed by atoms with van der Waals surface area (Å²) >= 11 is 0. The monoisotopic (exact) mass is 406 g/mol. The molecule has 0 aliphatic rings. The molecule has 0 amide bonds. The summed E-state index contributed by atoms with van der Waals surface area (Å²) in [5.74, 6) is -1.29. The van der Waals surface area contributed by atoms with Gasteiger partial charge in [0.15, 0.2) is 0 Å². The van der Waals surface area contributed by atoms with Crippen LogP contribution in [0.4, 0.5) is 8.78 Å². The molecule has 2 aromatic heterocycles. The van der Waals surface area contributed by atoms with Gasteiger partial charge in [0.1, 0.15) is 36.2 Å². The van der Waals surface area contributed by atoms with Crippen molar-refractivity contribution < 1.29 is 13.9 Å². The van der Waals surface area contributed by atoms with E-state index in [-0.39, 0.29) is 12.1 Å². The zero-order valence-corrected chi connectivity index (χ0v) is 16.5. The summed E-state index contributed by atoms with van der Waals surface area (Å²) in [7, 11) is 0. The van der Waals surface area contributed by atoms with E-state index in [2.05, 4.69) is 15.2 Å². The Morgan fingerprint density at radius 2 is 1.93 bits per heavy atom. The van der Waals surface area contributed by atoms with E-state index < -0.39 is 29.0 Å². The standard InChI is InChI=1S/C19H24F2N6O2/c1-13(2)6-7-25-12-24-27(18(25)28)14(3)19(29,9-26-11-22-10-23-26)16-5-4-15(20)8-17(16)21/h4-5,8,10-14,29H,6-7,9H2,1-3H3/t14-,19-/m1/s1. The van der Waals surface area contributed by atoms with Crippen molar-refractivity contribution in [2.24, 2.45) is 5.92 Å². The second-order valence-corrected chi connectivity index (χ2v) is 7.55. The first-order valence-electron chi connectivity index (χ1n) is 9.36. The van der Waals surface area contributed by atoms with Crippen LogP contribution in [0.15, 0.2) is 42.0 Å². The third-order valence-electron chi connectivity index (χ3n) is 5.03. The lowest BCUT2D eigenvalue weighted by atomic mass is 9.86. The highest BCUT2D eigenvalue weighted by atomic mass is 19.1. The van der Waals surface area contributed by atoms with Gasteiger partial charge >= 0.3 is 5.69 Å². The van der Waals surface area contributed by atoms with Gasteiger partial charge in [-0.15, -0.1) is 0 Å². The van der Waals surface area contributed by atoms with Crippen LogP contribution in [0.1, 0.15) is 38.8 Å². The first-order valence-corrected chi connectivity index (χ1v) is 9.36. The molecule has 0 fully saturated rings. The summed E-state index contributed by atoms with van der Waals surface area (Å²) in [6.07, 6.45) is 4.83. The normalized spacial score (nSPS) is 14.9. The van der Waals surface area contributed by atoms with E-state index in [0.29, 0.717) is 18.5 Å². The predicted molar refractivity (Wildman–Crippen MR) is 101 cm³/mol. The fraction of sp³-hybridized carbons (Fsp3) is 0.474. The molecule has 0 saturated heterocycles. The Labute approximate surface area is 166 Å². The topological polar surface area (TPSA) is 90.8 Å². The lowest BCUT2D eigenvalue weighted by Gasteiger charge is -2.34. The van der Waals surface area contributed by atoms with Crippen molar-refractivity contribution in [1.29, 1.82) is 0 Å². The Kier molecular flexibility index (Phi) is 5.92. The van der Waals surface area contributed by atoms with Crippen molar-refractivity contribution in [3.8, 4) is 0 Å². The lowest BCUT2D eigenvalue weighted by molar-refractivity contribution is -0.0382. The Bertz CT molecular complexity index is 1010. The molecule has 2 atom stereocenters. The van der Waals surface area contributed by atoms with Crippen molar-refractivity contribution in [2.75, 3.05) is 0 Å². The van der Waals surface area contributed by atoms with Crippen LogP contribution in [0, 0.1) is 17.6 Å². The number of benzene rings is 1. The molecule has 0 aliphatic heterocycles. The third-order valence-corrected chi connectivity index (χ3v) is 5.03. The van der Waals surface area contributed by atoms with E-state index in [1.807, 2.05) is 13.8 Å². The molecule has 29 heavy (non-hydrogen) atoms. The average Bonchev–Trinajstić information content (AvgIpc) is 3.28. The van der Waals surface area contributed by atoms with Gasteiger partial charge in [-0.25, -0.2) is 27.9 Å². The average molecular weight is 406 g/mol. The van der Waals surface area contributed by atoms with Crippen LogP contribution < -0.4 is 5.69 Å². The molecule has 3 rings (SSSR count). The second-order valence-electron chi connectivity index (χ2n) is 7.55. The third kappa shape index (κ3) is 4.26. The Balaban J connectivity index is 2.03. The summed E-state index contributed by atoms with van der Waals surface area (Å²) < 4.78 is 31.9. The highest BCUT2D eigenvalue weighted by molar-refractivity contribution is 5.26. The first-order chi connectivity index (χ1) is 13.7. The van der Waals surface area contributed by atoms with E-state index in [1.54, 1.807) is 6.92 Å². The van der Waals surface area contributed by atoms with Gasteiger partial charge in [0.05, 0.1) is 12.6 Å². The van der Waals surface area contributed by atoms with Crippen LogP contribution in [0.2, 0.25) is 0 Å². The van der Waals surface area contributed by atoms with Gasteiger partial charge in [-0.05, 0) is 25.3 Å². The molecule has 2 heterocycles. The molecule has 0 unspecified atom stereocenters. The number of aromatic nitrogens is 6. The SMILES string of the molecule is CC(C)CCn1cnn([C@H](C)[C@](O)(Cn2cncn2)c2ccc(F)cc2F)c1=O. The van der Waals surface area contributed by atoms with Crippen molar-refractivity contribution >= 4 is 0 Å². The van der Waals surface area contributed by atoms with Crippen LogP contribution >= 0.6 is 0 Å². The molecule has 156 valence electrons. The number of rotatable bonds is 8. The predicted octanol–water partition coefficient (Wildman–Crippen LogP) is 2.11. The summed E-state index contributed by atoms with van der Waals surface area (Å²) in [4.78, 5) is 16.6. The highest BCUT2D eigenvalue weighted by Gasteiger charge is 2.41. The minimum Gasteiger partial charge on any atom is -0.381 e. The van der Waals surface area contributed by atoms with E-state index in [1.165, 1.54) is 34.3 Å². The maximum Gasteiger partial charge on any atom is 0.346 e. The molecule has 3 aromatic rings. The number of aliphatic hydroxyl groups is 1. The van der Waals surface area contributed by atoms with Gasteiger partial charge in [0.2, 0.25) is 0 Å². The summed E-state index contributed by atoms with van der Waals surface area (Å²) in [5.41, 5.74) is -2.52. The molecule has 0 aliphatic carbocycles. The summed E-state index contributed by atoms with van der Waals surface area (Å²) in [6.45, 7) is 5.93. The van der Waals surface area contributed by atoms with Crippen LogP contribution in [-0.4, -0.2) is 34.2 Å². The number of halogens is 2. The molecule has 8 nitrogen and oxygen atoms in total. The van der Waals surface area contributed by atoms with Crippen molar-refractivity contribution in [1.82, 2.24) is 29.1 Å². The maximum atomic E-state index is 14.6. The molecule has 1 aromatic carbocycles. The van der Waals surface area contributed by atoms with Crippen LogP contribution in [0.3, 0.4) is 0 Å². The minimum atomic E-state index is -1.94. The summed E-state index contributed by atoms with van der Waals surface area (Å²) in [5, 5.41) is 19.6. The van der Waals surface area contributed by atoms with Gasteiger partial charge in [-0.2, -0.15) is 10.2 Å². The van der Waals surface area contributed by atoms with Crippen molar-refractivity contribution in [3.63, 3.8) is 0 Å². The molecular formula is C19H24F2N6O2. The highest BCUT2D eigenvalue weighted by Crippen LogP contribution is 2.35. The van der Waals surface area contributed by atoms with Crippen LogP contribution in [0.5, 0.6) is 0 Å². The summed E-state index contributed by atoms with van der Waals surface area (Å²) in [6, 6.07) is 1.94. The fourth-order valence-electron chi connectivity index (χ4n) is 3.21. The second kappa shape index (κ2) is 8.24. The zero-order chi connectivity index (χ0) is 21.2. The van der Waals surface area contributed by atoms with Gasteiger partial charge < -0.3 is 5.11 Å². The Hall–Kier alpha value is -2.88. The Morgan fingerprint density at radius 1 is 1.17 bits per heavy atom. The van der Waals surface area contributed by atoms with Crippen LogP contribution in [-0.2, 0) is 18.7 Å². The Morgan fingerprint density at radius 3 is 2.55 bits per heavy atom. The maximum absolute atomic E-state index is 14.6. The molecule has 0 saturated carbocycles. The lowest BCUT2D eigenvalue weighted by Crippen LogP contribution is -2.44. The van der Waals surface area contributed by atoms with E-state index in [0.717, 1.165) is 17.2 Å². The van der Waals surface area contributed by atoms with Gasteiger partial charge in [0, 0.05) is 18.2 Å². The first kappa shape index (κ1) is 20.8. The van der Waals surface area contributed by atoms with E-state index >= 15 is 0 Å². The van der Waals surface area contributed by atoms with Crippen molar-refractivity contribution in [2.45, 2.75) is 51.9 Å². The quantitative estimate of drug-likeness (QED) is 0.619. The smallest absolute Gasteiger partial charge is 0.346 e. The van der Waals surface area contributed by atoms with E-state index in [9.17, 15) is 18.7 Å². The van der Waals surface area contributed by atoms with E-state index in [4.69, 9.17) is 0 Å². The van der Waals surface area contributed by atoms with Gasteiger partial charge in [-0.3, -0.25) is 4.57 Å². The molecule has 0 spiro atoms.